The Kier molecular flexibility index (Phi) is 4.74. The Labute approximate surface area is 135 Å². The van der Waals surface area contributed by atoms with Gasteiger partial charge in [0.1, 0.15) is 6.54 Å². The number of hydrogen-bond acceptors (Lipinski definition) is 3. The molecule has 1 aliphatic carbocycles. The van der Waals surface area contributed by atoms with E-state index in [4.69, 9.17) is 0 Å². The maximum Gasteiger partial charge on any atom is 0.261 e. The van der Waals surface area contributed by atoms with Crippen LogP contribution in [0.25, 0.3) is 10.9 Å². The van der Waals surface area contributed by atoms with Crippen molar-refractivity contribution in [2.75, 3.05) is 13.6 Å². The zero-order chi connectivity index (χ0) is 16.2. The summed E-state index contributed by atoms with van der Waals surface area (Å²) < 4.78 is 1.40. The van der Waals surface area contributed by atoms with Gasteiger partial charge in [-0.2, -0.15) is 0 Å². The van der Waals surface area contributed by atoms with Crippen molar-refractivity contribution in [1.82, 2.24) is 14.5 Å². The van der Waals surface area contributed by atoms with E-state index in [-0.39, 0.29) is 18.0 Å². The Morgan fingerprint density at radius 2 is 2.00 bits per heavy atom. The fraction of sp³-hybridized carbons (Fsp3) is 0.500. The van der Waals surface area contributed by atoms with Gasteiger partial charge < -0.3 is 4.90 Å². The lowest BCUT2D eigenvalue weighted by molar-refractivity contribution is -0.131. The number of amides is 1. The number of para-hydroxylation sites is 1. The van der Waals surface area contributed by atoms with Crippen LogP contribution in [0.15, 0.2) is 35.4 Å². The summed E-state index contributed by atoms with van der Waals surface area (Å²) in [5.74, 6) is 0.568. The molecule has 1 heterocycles. The minimum absolute atomic E-state index is 0.0326. The first-order chi connectivity index (χ1) is 11.1. The summed E-state index contributed by atoms with van der Waals surface area (Å²) in [5.41, 5.74) is 0.506. The largest absolute Gasteiger partial charge is 0.344 e. The van der Waals surface area contributed by atoms with Gasteiger partial charge in [0.25, 0.3) is 5.56 Å². The van der Waals surface area contributed by atoms with Gasteiger partial charge in [0, 0.05) is 13.6 Å². The summed E-state index contributed by atoms with van der Waals surface area (Å²) >= 11 is 0. The number of nitrogens with zero attached hydrogens (tertiary/aromatic N) is 3. The number of rotatable bonds is 4. The molecule has 23 heavy (non-hydrogen) atoms. The van der Waals surface area contributed by atoms with Crippen molar-refractivity contribution in [3.05, 3.63) is 40.9 Å². The van der Waals surface area contributed by atoms with E-state index in [1.54, 1.807) is 17.0 Å². The first kappa shape index (κ1) is 15.7. The molecule has 2 aromatic rings. The van der Waals surface area contributed by atoms with Gasteiger partial charge in [-0.05, 0) is 30.9 Å². The second-order valence-electron chi connectivity index (χ2n) is 6.47. The van der Waals surface area contributed by atoms with E-state index in [1.807, 2.05) is 19.2 Å². The Morgan fingerprint density at radius 1 is 1.26 bits per heavy atom. The summed E-state index contributed by atoms with van der Waals surface area (Å²) in [6.45, 7) is 0.842. The molecule has 5 heteroatoms. The zero-order valence-corrected chi connectivity index (χ0v) is 13.6. The van der Waals surface area contributed by atoms with Crippen molar-refractivity contribution < 1.29 is 4.79 Å². The summed E-state index contributed by atoms with van der Waals surface area (Å²) in [6.07, 6.45) is 7.72. The molecule has 1 aromatic heterocycles. The van der Waals surface area contributed by atoms with Crippen LogP contribution in [0.5, 0.6) is 0 Å². The molecule has 0 aliphatic heterocycles. The molecular weight excluding hydrogens is 290 g/mol. The van der Waals surface area contributed by atoms with Crippen LogP contribution >= 0.6 is 0 Å². The van der Waals surface area contributed by atoms with Gasteiger partial charge >= 0.3 is 0 Å². The number of carbonyl (C=O) groups is 1. The van der Waals surface area contributed by atoms with Gasteiger partial charge in [0.15, 0.2) is 0 Å². The van der Waals surface area contributed by atoms with Crippen LogP contribution in [0.3, 0.4) is 0 Å². The normalized spacial score (nSPS) is 15.7. The quantitative estimate of drug-likeness (QED) is 0.871. The van der Waals surface area contributed by atoms with E-state index in [1.165, 1.54) is 43.0 Å². The average Bonchev–Trinajstić information content (AvgIpc) is 2.58. The molecule has 122 valence electrons. The molecule has 1 aromatic carbocycles. The highest BCUT2D eigenvalue weighted by Gasteiger charge is 2.19. The summed E-state index contributed by atoms with van der Waals surface area (Å²) in [4.78, 5) is 30.9. The Balaban J connectivity index is 1.69. The van der Waals surface area contributed by atoms with E-state index >= 15 is 0 Å². The summed E-state index contributed by atoms with van der Waals surface area (Å²) in [6, 6.07) is 7.21. The molecule has 0 radical (unpaired) electrons. The van der Waals surface area contributed by atoms with Crippen molar-refractivity contribution in [3.8, 4) is 0 Å². The van der Waals surface area contributed by atoms with E-state index in [2.05, 4.69) is 4.98 Å². The monoisotopic (exact) mass is 313 g/mol. The van der Waals surface area contributed by atoms with E-state index in [9.17, 15) is 9.59 Å². The minimum Gasteiger partial charge on any atom is -0.344 e. The molecule has 1 saturated carbocycles. The van der Waals surface area contributed by atoms with Crippen LogP contribution in [0.4, 0.5) is 0 Å². The maximum absolute atomic E-state index is 12.4. The SMILES string of the molecule is CN(CC1CCCCC1)C(=O)Cn1cnc2ccccc2c1=O. The van der Waals surface area contributed by atoms with Crippen molar-refractivity contribution in [2.24, 2.45) is 5.92 Å². The van der Waals surface area contributed by atoms with Crippen LogP contribution in [0.2, 0.25) is 0 Å². The highest BCUT2D eigenvalue weighted by molar-refractivity contribution is 5.78. The van der Waals surface area contributed by atoms with Crippen LogP contribution in [0, 0.1) is 5.92 Å². The fourth-order valence-corrected chi connectivity index (χ4v) is 3.34. The lowest BCUT2D eigenvalue weighted by Gasteiger charge is -2.27. The third-order valence-corrected chi connectivity index (χ3v) is 4.72. The molecule has 3 rings (SSSR count). The number of benzene rings is 1. The van der Waals surface area contributed by atoms with Crippen molar-refractivity contribution in [3.63, 3.8) is 0 Å². The Hall–Kier alpha value is -2.17. The highest BCUT2D eigenvalue weighted by Crippen LogP contribution is 2.24. The van der Waals surface area contributed by atoms with Gasteiger partial charge in [-0.25, -0.2) is 4.98 Å². The van der Waals surface area contributed by atoms with Gasteiger partial charge in [-0.3, -0.25) is 14.2 Å². The predicted molar refractivity (Wildman–Crippen MR) is 90.2 cm³/mol. The van der Waals surface area contributed by atoms with Crippen molar-refractivity contribution in [2.45, 2.75) is 38.6 Å². The van der Waals surface area contributed by atoms with E-state index < -0.39 is 0 Å². The molecule has 1 fully saturated rings. The number of likely N-dealkylation sites (N-methyl/N-ethyl adjacent to an activating group) is 1. The molecule has 5 nitrogen and oxygen atoms in total. The van der Waals surface area contributed by atoms with Gasteiger partial charge in [-0.15, -0.1) is 0 Å². The number of aromatic nitrogens is 2. The summed E-state index contributed by atoms with van der Waals surface area (Å²) in [7, 11) is 1.83. The van der Waals surface area contributed by atoms with E-state index in [0.717, 1.165) is 6.54 Å². The smallest absolute Gasteiger partial charge is 0.261 e. The van der Waals surface area contributed by atoms with Crippen molar-refractivity contribution >= 4 is 16.8 Å². The molecule has 0 atom stereocenters. The molecule has 0 bridgehead atoms. The summed E-state index contributed by atoms with van der Waals surface area (Å²) in [5, 5.41) is 0.553. The maximum atomic E-state index is 12.4. The van der Waals surface area contributed by atoms with Crippen LogP contribution in [-0.2, 0) is 11.3 Å². The second kappa shape index (κ2) is 6.94. The van der Waals surface area contributed by atoms with Crippen LogP contribution in [0.1, 0.15) is 32.1 Å². The Morgan fingerprint density at radius 3 is 2.78 bits per heavy atom. The molecule has 0 N–H and O–H groups in total. The molecule has 0 unspecified atom stereocenters. The molecule has 0 spiro atoms. The van der Waals surface area contributed by atoms with Crippen LogP contribution < -0.4 is 5.56 Å². The van der Waals surface area contributed by atoms with Gasteiger partial charge in [-0.1, -0.05) is 31.4 Å². The highest BCUT2D eigenvalue weighted by atomic mass is 16.2. The Bertz CT molecular complexity index is 747. The number of carbonyl (C=O) groups excluding carboxylic acids is 1. The third-order valence-electron chi connectivity index (χ3n) is 4.72. The fourth-order valence-electron chi connectivity index (χ4n) is 3.34. The first-order valence-electron chi connectivity index (χ1n) is 8.33. The molecule has 1 aliphatic rings. The van der Waals surface area contributed by atoms with Crippen LogP contribution in [-0.4, -0.2) is 34.0 Å². The average molecular weight is 313 g/mol. The van der Waals surface area contributed by atoms with E-state index in [0.29, 0.717) is 16.8 Å². The molecule has 0 saturated heterocycles. The predicted octanol–water partition coefficient (Wildman–Crippen LogP) is 2.44. The van der Waals surface area contributed by atoms with Gasteiger partial charge in [0.2, 0.25) is 5.91 Å². The minimum atomic E-state index is -0.157. The number of fused-ring (bicyclic) bond motifs is 1. The standard InChI is InChI=1S/C18H23N3O2/c1-20(11-14-7-3-2-4-8-14)17(22)12-21-13-19-16-10-6-5-9-15(16)18(21)23/h5-6,9-10,13-14H,2-4,7-8,11-12H2,1H3. The first-order valence-corrected chi connectivity index (χ1v) is 8.33. The second-order valence-corrected chi connectivity index (χ2v) is 6.47. The molecule has 1 amide bonds. The third kappa shape index (κ3) is 3.60. The number of hydrogen-bond donors (Lipinski definition) is 0. The topological polar surface area (TPSA) is 55.2 Å². The molecular formula is C18H23N3O2. The lowest BCUT2D eigenvalue weighted by Crippen LogP contribution is -2.37. The van der Waals surface area contributed by atoms with Gasteiger partial charge in [0.05, 0.1) is 17.2 Å². The zero-order valence-electron chi connectivity index (χ0n) is 13.6. The van der Waals surface area contributed by atoms with Crippen molar-refractivity contribution in [1.29, 1.82) is 0 Å². The lowest BCUT2D eigenvalue weighted by atomic mass is 9.89.